The molecule has 114 valence electrons. The van der Waals surface area contributed by atoms with Gasteiger partial charge in [-0.2, -0.15) is 0 Å². The summed E-state index contributed by atoms with van der Waals surface area (Å²) in [6.07, 6.45) is 0.214. The second kappa shape index (κ2) is 7.05. The molecular formula is C17H24N2OS. The molecule has 0 amide bonds. The zero-order valence-electron chi connectivity index (χ0n) is 13.4. The molecule has 0 saturated heterocycles. The highest BCUT2D eigenvalue weighted by Gasteiger charge is 2.12. The molecule has 1 heterocycles. The van der Waals surface area contributed by atoms with Gasteiger partial charge in [-0.05, 0) is 52.3 Å². The van der Waals surface area contributed by atoms with E-state index in [-0.39, 0.29) is 6.10 Å². The van der Waals surface area contributed by atoms with E-state index in [1.165, 1.54) is 10.4 Å². The lowest BCUT2D eigenvalue weighted by Gasteiger charge is -2.14. The lowest BCUT2D eigenvalue weighted by molar-refractivity contribution is 0.242. The Morgan fingerprint density at radius 2 is 1.81 bits per heavy atom. The van der Waals surface area contributed by atoms with Crippen molar-refractivity contribution in [3.05, 3.63) is 45.4 Å². The van der Waals surface area contributed by atoms with Crippen LogP contribution in [-0.4, -0.2) is 11.1 Å². The molecule has 0 bridgehead atoms. The number of nitrogens with one attached hydrogen (secondary N) is 1. The molecule has 1 aromatic heterocycles. The summed E-state index contributed by atoms with van der Waals surface area (Å²) in [5.41, 5.74) is 2.40. The molecule has 0 saturated carbocycles. The highest BCUT2D eigenvalue weighted by molar-refractivity contribution is 7.11. The average Bonchev–Trinajstić information content (AvgIpc) is 2.76. The van der Waals surface area contributed by atoms with E-state index >= 15 is 0 Å². The van der Waals surface area contributed by atoms with Crippen LogP contribution in [-0.2, 0) is 6.54 Å². The van der Waals surface area contributed by atoms with Crippen LogP contribution in [0, 0.1) is 13.8 Å². The van der Waals surface area contributed by atoms with Gasteiger partial charge in [0.05, 0.1) is 16.8 Å². The Balaban J connectivity index is 1.92. The summed E-state index contributed by atoms with van der Waals surface area (Å²) < 4.78 is 5.66. The van der Waals surface area contributed by atoms with E-state index in [1.807, 2.05) is 26.0 Å². The molecule has 1 atom stereocenters. The number of nitrogens with zero attached hydrogens (tertiary/aromatic N) is 1. The number of rotatable bonds is 6. The predicted molar refractivity (Wildman–Crippen MR) is 89.0 cm³/mol. The van der Waals surface area contributed by atoms with Gasteiger partial charge in [-0.3, -0.25) is 0 Å². The average molecular weight is 304 g/mol. The minimum atomic E-state index is 0.214. The number of thiazole rings is 1. The van der Waals surface area contributed by atoms with Crippen molar-refractivity contribution in [1.29, 1.82) is 0 Å². The molecule has 0 aliphatic heterocycles. The van der Waals surface area contributed by atoms with Crippen LogP contribution in [0.25, 0.3) is 0 Å². The van der Waals surface area contributed by atoms with Gasteiger partial charge in [0.1, 0.15) is 5.75 Å². The summed E-state index contributed by atoms with van der Waals surface area (Å²) in [7, 11) is 0. The Bertz CT molecular complexity index is 575. The summed E-state index contributed by atoms with van der Waals surface area (Å²) in [6, 6.07) is 8.61. The Morgan fingerprint density at radius 3 is 2.33 bits per heavy atom. The van der Waals surface area contributed by atoms with Crippen molar-refractivity contribution >= 4 is 11.3 Å². The SMILES string of the molecule is Cc1nc(C)c(C(C)NCc2ccc(OC(C)C)cc2)s1. The molecule has 0 aliphatic rings. The third-order valence-corrected chi connectivity index (χ3v) is 4.50. The fraction of sp³-hybridized carbons (Fsp3) is 0.471. The third kappa shape index (κ3) is 4.55. The molecule has 1 aromatic carbocycles. The second-order valence-electron chi connectivity index (χ2n) is 5.60. The molecule has 0 aliphatic carbocycles. The van der Waals surface area contributed by atoms with Crippen LogP contribution in [0.5, 0.6) is 5.75 Å². The van der Waals surface area contributed by atoms with Gasteiger partial charge < -0.3 is 10.1 Å². The predicted octanol–water partition coefficient (Wildman–Crippen LogP) is 4.40. The van der Waals surface area contributed by atoms with Gasteiger partial charge in [-0.15, -0.1) is 11.3 Å². The molecule has 21 heavy (non-hydrogen) atoms. The molecular weight excluding hydrogens is 280 g/mol. The van der Waals surface area contributed by atoms with E-state index in [0.29, 0.717) is 6.04 Å². The van der Waals surface area contributed by atoms with Gasteiger partial charge in [-0.1, -0.05) is 12.1 Å². The van der Waals surface area contributed by atoms with Crippen molar-refractivity contribution in [3.63, 3.8) is 0 Å². The molecule has 0 radical (unpaired) electrons. The number of hydrogen-bond acceptors (Lipinski definition) is 4. The zero-order chi connectivity index (χ0) is 15.4. The maximum atomic E-state index is 5.66. The second-order valence-corrected chi connectivity index (χ2v) is 6.83. The number of aromatic nitrogens is 1. The standard InChI is InChI=1S/C17H24N2OS/c1-11(2)20-16-8-6-15(7-9-16)10-18-12(3)17-13(4)19-14(5)21-17/h6-9,11-12,18H,10H2,1-5H3. The van der Waals surface area contributed by atoms with E-state index in [1.54, 1.807) is 11.3 Å². The van der Waals surface area contributed by atoms with Crippen LogP contribution in [0.3, 0.4) is 0 Å². The summed E-state index contributed by atoms with van der Waals surface area (Å²) in [6.45, 7) is 11.2. The monoisotopic (exact) mass is 304 g/mol. The molecule has 0 fully saturated rings. The summed E-state index contributed by atoms with van der Waals surface area (Å²) in [5.74, 6) is 0.927. The highest BCUT2D eigenvalue weighted by atomic mass is 32.1. The quantitative estimate of drug-likeness (QED) is 0.859. The fourth-order valence-corrected chi connectivity index (χ4v) is 3.22. The number of hydrogen-bond donors (Lipinski definition) is 1. The van der Waals surface area contributed by atoms with Crippen molar-refractivity contribution in [2.24, 2.45) is 0 Å². The van der Waals surface area contributed by atoms with Crippen LogP contribution in [0.4, 0.5) is 0 Å². The van der Waals surface area contributed by atoms with Crippen LogP contribution < -0.4 is 10.1 Å². The first kappa shape index (κ1) is 16.0. The van der Waals surface area contributed by atoms with E-state index in [9.17, 15) is 0 Å². The molecule has 1 unspecified atom stereocenters. The molecule has 2 rings (SSSR count). The van der Waals surface area contributed by atoms with Crippen LogP contribution in [0.1, 0.15) is 48.0 Å². The zero-order valence-corrected chi connectivity index (χ0v) is 14.3. The van der Waals surface area contributed by atoms with Crippen LogP contribution in [0.2, 0.25) is 0 Å². The Morgan fingerprint density at radius 1 is 1.14 bits per heavy atom. The molecule has 4 heteroatoms. The van der Waals surface area contributed by atoms with Gasteiger partial charge in [0.25, 0.3) is 0 Å². The molecule has 1 N–H and O–H groups in total. The number of aryl methyl sites for hydroxylation is 2. The summed E-state index contributed by atoms with van der Waals surface area (Å²) in [4.78, 5) is 5.81. The summed E-state index contributed by atoms with van der Waals surface area (Å²) >= 11 is 1.77. The lowest BCUT2D eigenvalue weighted by Crippen LogP contribution is -2.17. The van der Waals surface area contributed by atoms with Gasteiger partial charge in [0.15, 0.2) is 0 Å². The van der Waals surface area contributed by atoms with Gasteiger partial charge in [0.2, 0.25) is 0 Å². The smallest absolute Gasteiger partial charge is 0.119 e. The minimum absolute atomic E-state index is 0.214. The van der Waals surface area contributed by atoms with Crippen molar-refractivity contribution in [1.82, 2.24) is 10.3 Å². The summed E-state index contributed by atoms with van der Waals surface area (Å²) in [5, 5.41) is 4.69. The van der Waals surface area contributed by atoms with Crippen LogP contribution >= 0.6 is 11.3 Å². The van der Waals surface area contributed by atoms with Crippen molar-refractivity contribution < 1.29 is 4.74 Å². The van der Waals surface area contributed by atoms with Crippen molar-refractivity contribution in [2.45, 2.75) is 53.3 Å². The third-order valence-electron chi connectivity index (χ3n) is 3.24. The minimum Gasteiger partial charge on any atom is -0.491 e. The van der Waals surface area contributed by atoms with E-state index in [4.69, 9.17) is 4.74 Å². The van der Waals surface area contributed by atoms with Gasteiger partial charge in [-0.25, -0.2) is 4.98 Å². The fourth-order valence-electron chi connectivity index (χ4n) is 2.27. The first-order chi connectivity index (χ1) is 9.95. The van der Waals surface area contributed by atoms with Gasteiger partial charge in [0, 0.05) is 17.5 Å². The Labute approximate surface area is 131 Å². The highest BCUT2D eigenvalue weighted by Crippen LogP contribution is 2.24. The number of ether oxygens (including phenoxy) is 1. The maximum Gasteiger partial charge on any atom is 0.119 e. The topological polar surface area (TPSA) is 34.2 Å². The lowest BCUT2D eigenvalue weighted by atomic mass is 10.2. The molecule has 0 spiro atoms. The normalized spacial score (nSPS) is 12.7. The van der Waals surface area contributed by atoms with Crippen molar-refractivity contribution in [2.75, 3.05) is 0 Å². The van der Waals surface area contributed by atoms with Gasteiger partial charge >= 0.3 is 0 Å². The number of benzene rings is 1. The van der Waals surface area contributed by atoms with Crippen LogP contribution in [0.15, 0.2) is 24.3 Å². The largest absolute Gasteiger partial charge is 0.491 e. The first-order valence-corrected chi connectivity index (χ1v) is 8.20. The van der Waals surface area contributed by atoms with E-state index in [0.717, 1.165) is 23.0 Å². The first-order valence-electron chi connectivity index (χ1n) is 7.38. The maximum absolute atomic E-state index is 5.66. The van der Waals surface area contributed by atoms with E-state index < -0.39 is 0 Å². The van der Waals surface area contributed by atoms with E-state index in [2.05, 4.69) is 43.2 Å². The Kier molecular flexibility index (Phi) is 5.37. The Hall–Kier alpha value is -1.39. The molecule has 3 nitrogen and oxygen atoms in total. The molecule has 2 aromatic rings. The van der Waals surface area contributed by atoms with Crippen molar-refractivity contribution in [3.8, 4) is 5.75 Å².